The molecule has 0 bridgehead atoms. The van der Waals surface area contributed by atoms with Crippen LogP contribution < -0.4 is 5.73 Å². The quantitative estimate of drug-likeness (QED) is 0.593. The van der Waals surface area contributed by atoms with Crippen molar-refractivity contribution in [2.75, 3.05) is 12.3 Å². The smallest absolute Gasteiger partial charge is 0.167 e. The third-order valence-corrected chi connectivity index (χ3v) is 3.11. The van der Waals surface area contributed by atoms with E-state index in [2.05, 4.69) is 0 Å². The Morgan fingerprint density at radius 1 is 1.70 bits per heavy atom. The highest BCUT2D eigenvalue weighted by Crippen LogP contribution is 1.98. The Morgan fingerprint density at radius 3 is 2.50 bits per heavy atom. The summed E-state index contributed by atoms with van der Waals surface area (Å²) >= 11 is 0. The maximum absolute atomic E-state index is 10.9. The highest BCUT2D eigenvalue weighted by atomic mass is 32.2. The molecule has 0 spiro atoms. The van der Waals surface area contributed by atoms with E-state index < -0.39 is 15.1 Å². The van der Waals surface area contributed by atoms with Crippen LogP contribution in [0.3, 0.4) is 0 Å². The molecule has 2 N–H and O–H groups in total. The van der Waals surface area contributed by atoms with Crippen molar-refractivity contribution in [3.8, 4) is 6.07 Å². The maximum atomic E-state index is 10.9. The molecule has 0 aromatic rings. The van der Waals surface area contributed by atoms with Crippen molar-refractivity contribution in [3.05, 3.63) is 0 Å². The summed E-state index contributed by atoms with van der Waals surface area (Å²) in [6.07, 6.45) is 0. The summed E-state index contributed by atoms with van der Waals surface area (Å²) in [6, 6.07) is 1.65. The Bertz CT molecular complexity index is 227. The molecule has 0 amide bonds. The first-order valence-corrected chi connectivity index (χ1v) is 4.57. The fourth-order valence-electron chi connectivity index (χ4n) is 0.421. The number of nitrogens with zero attached hydrogens (tertiary/aromatic N) is 1. The van der Waals surface area contributed by atoms with E-state index in [0.29, 0.717) is 0 Å². The van der Waals surface area contributed by atoms with Gasteiger partial charge in [0.2, 0.25) is 0 Å². The minimum Gasteiger partial charge on any atom is -0.329 e. The molecule has 0 rings (SSSR count). The van der Waals surface area contributed by atoms with E-state index in [9.17, 15) is 8.42 Å². The summed E-state index contributed by atoms with van der Waals surface area (Å²) in [6.45, 7) is 1.43. The van der Waals surface area contributed by atoms with Gasteiger partial charge in [0.1, 0.15) is 5.25 Å². The highest BCUT2D eigenvalue weighted by molar-refractivity contribution is 7.92. The molecule has 0 aromatic carbocycles. The first kappa shape index (κ1) is 9.40. The van der Waals surface area contributed by atoms with Crippen LogP contribution in [0.4, 0.5) is 0 Å². The number of hydrogen-bond donors (Lipinski definition) is 1. The summed E-state index contributed by atoms with van der Waals surface area (Å²) in [7, 11) is -3.25. The van der Waals surface area contributed by atoms with Gasteiger partial charge in [-0.05, 0) is 6.92 Å². The van der Waals surface area contributed by atoms with Gasteiger partial charge in [-0.25, -0.2) is 8.42 Å². The summed E-state index contributed by atoms with van der Waals surface area (Å²) in [5.74, 6) is -0.109. The summed E-state index contributed by atoms with van der Waals surface area (Å²) in [4.78, 5) is 0. The van der Waals surface area contributed by atoms with Crippen LogP contribution in [0.25, 0.3) is 0 Å². The van der Waals surface area contributed by atoms with Gasteiger partial charge in [-0.15, -0.1) is 0 Å². The second-order valence-electron chi connectivity index (χ2n) is 1.93. The highest BCUT2D eigenvalue weighted by Gasteiger charge is 2.18. The van der Waals surface area contributed by atoms with E-state index >= 15 is 0 Å². The molecule has 0 aromatic heterocycles. The molecular formula is C5H10N2O2S. The normalized spacial score (nSPS) is 14.1. The van der Waals surface area contributed by atoms with Gasteiger partial charge in [-0.3, -0.25) is 0 Å². The Morgan fingerprint density at radius 2 is 2.20 bits per heavy atom. The minimum atomic E-state index is -3.25. The number of hydrogen-bond acceptors (Lipinski definition) is 4. The number of nitriles is 1. The van der Waals surface area contributed by atoms with Gasteiger partial charge < -0.3 is 5.73 Å². The number of rotatable bonds is 3. The fraction of sp³-hybridized carbons (Fsp3) is 0.800. The van der Waals surface area contributed by atoms with Crippen molar-refractivity contribution < 1.29 is 8.42 Å². The molecule has 5 heteroatoms. The second kappa shape index (κ2) is 3.54. The van der Waals surface area contributed by atoms with E-state index in [4.69, 9.17) is 11.0 Å². The first-order chi connectivity index (χ1) is 4.54. The van der Waals surface area contributed by atoms with E-state index in [0.717, 1.165) is 0 Å². The van der Waals surface area contributed by atoms with Crippen LogP contribution in [0.2, 0.25) is 0 Å². The summed E-state index contributed by atoms with van der Waals surface area (Å²) in [5, 5.41) is 7.29. The summed E-state index contributed by atoms with van der Waals surface area (Å²) < 4.78 is 21.7. The average Bonchev–Trinajstić information content (AvgIpc) is 1.86. The lowest BCUT2D eigenvalue weighted by molar-refractivity contribution is 0.591. The molecule has 0 fully saturated rings. The van der Waals surface area contributed by atoms with Gasteiger partial charge >= 0.3 is 0 Å². The molecule has 0 heterocycles. The van der Waals surface area contributed by atoms with Crippen LogP contribution >= 0.6 is 0 Å². The van der Waals surface area contributed by atoms with E-state index in [1.165, 1.54) is 6.92 Å². The molecule has 0 aliphatic heterocycles. The van der Waals surface area contributed by atoms with Crippen molar-refractivity contribution in [2.45, 2.75) is 12.2 Å². The molecule has 0 saturated carbocycles. The van der Waals surface area contributed by atoms with E-state index in [-0.39, 0.29) is 12.3 Å². The lowest BCUT2D eigenvalue weighted by Crippen LogP contribution is -2.24. The average molecular weight is 162 g/mol. The molecule has 0 saturated heterocycles. The van der Waals surface area contributed by atoms with Crippen LogP contribution in [0.15, 0.2) is 0 Å². The zero-order chi connectivity index (χ0) is 8.20. The predicted octanol–water partition coefficient (Wildman–Crippen LogP) is -0.728. The monoisotopic (exact) mass is 162 g/mol. The lowest BCUT2D eigenvalue weighted by atomic mass is 10.5. The van der Waals surface area contributed by atoms with Gasteiger partial charge in [-0.2, -0.15) is 5.26 Å². The lowest BCUT2D eigenvalue weighted by Gasteiger charge is -2.01. The molecule has 10 heavy (non-hydrogen) atoms. The van der Waals surface area contributed by atoms with Crippen molar-refractivity contribution in [1.82, 2.24) is 0 Å². The zero-order valence-electron chi connectivity index (χ0n) is 5.74. The minimum absolute atomic E-state index is 0.0777. The maximum Gasteiger partial charge on any atom is 0.167 e. The van der Waals surface area contributed by atoms with Gasteiger partial charge in [-0.1, -0.05) is 0 Å². The van der Waals surface area contributed by atoms with Crippen LogP contribution in [-0.2, 0) is 9.84 Å². The van der Waals surface area contributed by atoms with Crippen molar-refractivity contribution in [2.24, 2.45) is 5.73 Å². The molecule has 0 aliphatic rings. The predicted molar refractivity (Wildman–Crippen MR) is 37.9 cm³/mol. The molecular weight excluding hydrogens is 152 g/mol. The van der Waals surface area contributed by atoms with Crippen LogP contribution in [0.1, 0.15) is 6.92 Å². The third kappa shape index (κ3) is 2.33. The Labute approximate surface area is 60.6 Å². The number of sulfone groups is 1. The third-order valence-electron chi connectivity index (χ3n) is 1.12. The Balaban J connectivity index is 4.30. The van der Waals surface area contributed by atoms with Crippen molar-refractivity contribution >= 4 is 9.84 Å². The fourth-order valence-corrected chi connectivity index (χ4v) is 1.26. The Kier molecular flexibility index (Phi) is 3.33. The molecule has 4 nitrogen and oxygen atoms in total. The van der Waals surface area contributed by atoms with Crippen molar-refractivity contribution in [3.63, 3.8) is 0 Å². The topological polar surface area (TPSA) is 84.0 Å². The van der Waals surface area contributed by atoms with E-state index in [1.807, 2.05) is 0 Å². The molecule has 1 unspecified atom stereocenters. The number of nitrogens with two attached hydrogens (primary N) is 1. The molecule has 1 atom stereocenters. The summed E-state index contributed by atoms with van der Waals surface area (Å²) in [5.41, 5.74) is 5.02. The molecule has 58 valence electrons. The SMILES string of the molecule is CC(C#N)S(=O)(=O)CCN. The van der Waals surface area contributed by atoms with Crippen LogP contribution in [-0.4, -0.2) is 26.0 Å². The standard InChI is InChI=1S/C5H10N2O2S/c1-5(4-7)10(8,9)3-2-6/h5H,2-3,6H2,1H3. The van der Waals surface area contributed by atoms with Gasteiger partial charge in [0.05, 0.1) is 11.8 Å². The van der Waals surface area contributed by atoms with Crippen LogP contribution in [0, 0.1) is 11.3 Å². The first-order valence-electron chi connectivity index (χ1n) is 2.86. The van der Waals surface area contributed by atoms with Gasteiger partial charge in [0, 0.05) is 6.54 Å². The second-order valence-corrected chi connectivity index (χ2v) is 4.37. The van der Waals surface area contributed by atoms with E-state index in [1.54, 1.807) is 6.07 Å². The zero-order valence-corrected chi connectivity index (χ0v) is 6.56. The van der Waals surface area contributed by atoms with Gasteiger partial charge in [0.25, 0.3) is 0 Å². The molecule has 0 radical (unpaired) electrons. The van der Waals surface area contributed by atoms with Crippen LogP contribution in [0.5, 0.6) is 0 Å². The van der Waals surface area contributed by atoms with Crippen molar-refractivity contribution in [1.29, 1.82) is 5.26 Å². The largest absolute Gasteiger partial charge is 0.329 e. The van der Waals surface area contributed by atoms with Gasteiger partial charge in [0.15, 0.2) is 9.84 Å². The molecule has 0 aliphatic carbocycles. The Hall–Kier alpha value is -0.600.